The number of rotatable bonds is 10. The predicted octanol–water partition coefficient (Wildman–Crippen LogP) is 3.09. The van der Waals surface area contributed by atoms with Gasteiger partial charge in [0.1, 0.15) is 17.9 Å². The number of aliphatic carboxylic acids is 1. The van der Waals surface area contributed by atoms with Crippen molar-refractivity contribution in [2.75, 3.05) is 0 Å². The molecule has 2 aromatic heterocycles. The van der Waals surface area contributed by atoms with E-state index >= 15 is 0 Å². The molecule has 0 fully saturated rings. The van der Waals surface area contributed by atoms with Crippen molar-refractivity contribution < 1.29 is 24.2 Å². The molecule has 0 bridgehead atoms. The van der Waals surface area contributed by atoms with Gasteiger partial charge in [-0.25, -0.2) is 0 Å². The first kappa shape index (κ1) is 25.5. The number of carboxylic acid groups (broad SMARTS) is 1. The first-order valence-corrected chi connectivity index (χ1v) is 11.0. The number of amides is 1. The first-order valence-electron chi connectivity index (χ1n) is 10.7. The summed E-state index contributed by atoms with van der Waals surface area (Å²) in [6.45, 7) is 3.80. The van der Waals surface area contributed by atoms with E-state index in [2.05, 4.69) is 20.6 Å². The van der Waals surface area contributed by atoms with E-state index < -0.39 is 23.9 Å². The molecule has 3 aromatic rings. The Morgan fingerprint density at radius 3 is 2.71 bits per heavy atom. The fraction of sp³-hybridized carbons (Fsp3) is 0.304. The van der Waals surface area contributed by atoms with Gasteiger partial charge in [-0.3, -0.25) is 24.2 Å². The van der Waals surface area contributed by atoms with Crippen LogP contribution in [-0.4, -0.2) is 49.0 Å². The van der Waals surface area contributed by atoms with Crippen molar-refractivity contribution in [1.29, 1.82) is 5.26 Å². The number of nitrogens with zero attached hydrogens (tertiary/aromatic N) is 4. The summed E-state index contributed by atoms with van der Waals surface area (Å²) in [5, 5.41) is 31.9. The highest BCUT2D eigenvalue weighted by Crippen LogP contribution is 2.24. The van der Waals surface area contributed by atoms with Gasteiger partial charge in [-0.15, -0.1) is 0 Å². The third-order valence-electron chi connectivity index (χ3n) is 4.98. The second-order valence-electron chi connectivity index (χ2n) is 7.84. The number of nitriles is 1. The Balaban J connectivity index is 1.54. The van der Waals surface area contributed by atoms with Gasteiger partial charge < -0.3 is 15.2 Å². The summed E-state index contributed by atoms with van der Waals surface area (Å²) >= 11 is 6.10. The van der Waals surface area contributed by atoms with Crippen LogP contribution in [0.1, 0.15) is 54.5 Å². The lowest BCUT2D eigenvalue weighted by Gasteiger charge is -2.13. The van der Waals surface area contributed by atoms with E-state index in [0.717, 1.165) is 5.56 Å². The van der Waals surface area contributed by atoms with Crippen LogP contribution in [-0.2, 0) is 20.9 Å². The van der Waals surface area contributed by atoms with Gasteiger partial charge in [-0.05, 0) is 38.1 Å². The van der Waals surface area contributed by atoms with Crippen molar-refractivity contribution in [1.82, 2.24) is 25.3 Å². The van der Waals surface area contributed by atoms with Crippen LogP contribution in [0.3, 0.4) is 0 Å². The molecule has 0 radical (unpaired) electrons. The number of H-pyrrole nitrogens is 1. The normalized spacial score (nSPS) is 12.4. The molecule has 0 saturated carbocycles. The number of aromatic nitrogens is 4. The summed E-state index contributed by atoms with van der Waals surface area (Å²) in [5.74, 6) is -2.17. The number of ether oxygens (including phenoxy) is 1. The lowest BCUT2D eigenvalue weighted by atomic mass is 10.1. The molecule has 2 unspecified atom stereocenters. The summed E-state index contributed by atoms with van der Waals surface area (Å²) in [6, 6.07) is 10.1. The van der Waals surface area contributed by atoms with Crippen molar-refractivity contribution in [3.8, 4) is 17.3 Å². The molecule has 0 saturated heterocycles. The van der Waals surface area contributed by atoms with Crippen LogP contribution in [0.4, 0.5) is 0 Å². The van der Waals surface area contributed by atoms with Crippen molar-refractivity contribution >= 4 is 29.4 Å². The lowest BCUT2D eigenvalue weighted by Crippen LogP contribution is -2.36. The highest BCUT2D eigenvalue weighted by molar-refractivity contribution is 6.32. The van der Waals surface area contributed by atoms with E-state index in [9.17, 15) is 14.4 Å². The number of benzene rings is 1. The molecule has 12 heteroatoms. The number of hydrogen-bond acceptors (Lipinski definition) is 7. The Bertz CT molecular complexity index is 1280. The Hall–Kier alpha value is -4.17. The zero-order valence-corrected chi connectivity index (χ0v) is 19.7. The summed E-state index contributed by atoms with van der Waals surface area (Å²) < 4.78 is 6.84. The standard InChI is InChI=1S/C23H23ClN6O5/c1-13(12-30-8-7-18(29-30)15-3-4-16(11-25)17(24)9-15)26-23(34)20-10-19(27-28-20)14(2)35-22(33)6-5-21(31)32/h3-4,7-10,13-14H,5-6,12H2,1-2H3,(H,26,34)(H,27,28)(H,31,32). The van der Waals surface area contributed by atoms with Crippen molar-refractivity contribution in [3.63, 3.8) is 0 Å². The SMILES string of the molecule is CC(Cn1ccc(-c2ccc(C#N)c(Cl)c2)n1)NC(=O)c1cc(C(C)OC(=O)CCC(=O)O)[nH]n1. The van der Waals surface area contributed by atoms with Gasteiger partial charge in [0.15, 0.2) is 0 Å². The van der Waals surface area contributed by atoms with E-state index in [1.807, 2.05) is 19.1 Å². The van der Waals surface area contributed by atoms with Gasteiger partial charge in [0.25, 0.3) is 5.91 Å². The van der Waals surface area contributed by atoms with Crippen LogP contribution in [0.2, 0.25) is 5.02 Å². The zero-order chi connectivity index (χ0) is 25.5. The van der Waals surface area contributed by atoms with Crippen molar-refractivity contribution in [2.45, 2.75) is 45.4 Å². The summed E-state index contributed by atoms with van der Waals surface area (Å²) in [7, 11) is 0. The third-order valence-corrected chi connectivity index (χ3v) is 5.30. The number of esters is 1. The number of carbonyl (C=O) groups excluding carboxylic acids is 2. The smallest absolute Gasteiger partial charge is 0.307 e. The average molecular weight is 499 g/mol. The maximum atomic E-state index is 12.6. The molecule has 1 amide bonds. The van der Waals surface area contributed by atoms with Crippen LogP contribution >= 0.6 is 11.6 Å². The molecule has 0 aliphatic heterocycles. The van der Waals surface area contributed by atoms with Gasteiger partial charge in [0.2, 0.25) is 0 Å². The second-order valence-corrected chi connectivity index (χ2v) is 8.25. The fourth-order valence-electron chi connectivity index (χ4n) is 3.20. The third kappa shape index (κ3) is 6.91. The van der Waals surface area contributed by atoms with E-state index in [0.29, 0.717) is 28.5 Å². The molecule has 2 heterocycles. The summed E-state index contributed by atoms with van der Waals surface area (Å²) in [4.78, 5) is 34.8. The number of aromatic amines is 1. The molecular weight excluding hydrogens is 476 g/mol. The average Bonchev–Trinajstić information content (AvgIpc) is 3.48. The van der Waals surface area contributed by atoms with Crippen LogP contribution in [0.15, 0.2) is 36.5 Å². The minimum Gasteiger partial charge on any atom is -0.481 e. The number of carbonyl (C=O) groups is 3. The molecule has 182 valence electrons. The van der Waals surface area contributed by atoms with Crippen LogP contribution in [0, 0.1) is 11.3 Å². The van der Waals surface area contributed by atoms with Gasteiger partial charge in [-0.1, -0.05) is 17.7 Å². The van der Waals surface area contributed by atoms with Gasteiger partial charge >= 0.3 is 11.9 Å². The van der Waals surface area contributed by atoms with Crippen LogP contribution < -0.4 is 5.32 Å². The first-order chi connectivity index (χ1) is 16.7. The highest BCUT2D eigenvalue weighted by Gasteiger charge is 2.19. The highest BCUT2D eigenvalue weighted by atomic mass is 35.5. The zero-order valence-electron chi connectivity index (χ0n) is 19.0. The minimum absolute atomic E-state index is 0.119. The van der Waals surface area contributed by atoms with E-state index in [-0.39, 0.29) is 24.6 Å². The van der Waals surface area contributed by atoms with E-state index in [4.69, 9.17) is 26.7 Å². The summed E-state index contributed by atoms with van der Waals surface area (Å²) in [5.41, 5.74) is 2.36. The Morgan fingerprint density at radius 1 is 1.26 bits per heavy atom. The van der Waals surface area contributed by atoms with Crippen molar-refractivity contribution in [2.24, 2.45) is 0 Å². The second kappa shape index (κ2) is 11.3. The molecule has 0 aliphatic rings. The minimum atomic E-state index is -1.09. The van der Waals surface area contributed by atoms with Crippen LogP contribution in [0.5, 0.6) is 0 Å². The van der Waals surface area contributed by atoms with Gasteiger partial charge in [0.05, 0.1) is 41.4 Å². The molecule has 0 aliphatic carbocycles. The van der Waals surface area contributed by atoms with E-state index in [1.54, 1.807) is 36.0 Å². The molecule has 3 rings (SSSR count). The molecule has 35 heavy (non-hydrogen) atoms. The number of carboxylic acids is 1. The lowest BCUT2D eigenvalue weighted by molar-refractivity contribution is -0.151. The van der Waals surface area contributed by atoms with Crippen LogP contribution in [0.25, 0.3) is 11.3 Å². The predicted molar refractivity (Wildman–Crippen MR) is 124 cm³/mol. The fourth-order valence-corrected chi connectivity index (χ4v) is 3.42. The number of nitrogens with one attached hydrogen (secondary N) is 2. The molecule has 0 spiro atoms. The Labute approximate surface area is 205 Å². The number of hydrogen-bond donors (Lipinski definition) is 3. The maximum absolute atomic E-state index is 12.6. The molecule has 3 N–H and O–H groups in total. The quantitative estimate of drug-likeness (QED) is 0.359. The Kier molecular flexibility index (Phi) is 8.22. The molecule has 11 nitrogen and oxygen atoms in total. The largest absolute Gasteiger partial charge is 0.481 e. The molecule has 2 atom stereocenters. The maximum Gasteiger partial charge on any atom is 0.307 e. The van der Waals surface area contributed by atoms with Crippen molar-refractivity contribution in [3.05, 3.63) is 58.5 Å². The topological polar surface area (TPSA) is 163 Å². The summed E-state index contributed by atoms with van der Waals surface area (Å²) in [6.07, 6.45) is 0.489. The number of halogens is 1. The Morgan fingerprint density at radius 2 is 2.03 bits per heavy atom. The van der Waals surface area contributed by atoms with Gasteiger partial charge in [0, 0.05) is 17.8 Å². The molecule has 1 aromatic carbocycles. The molecular formula is C23H23ClN6O5. The van der Waals surface area contributed by atoms with E-state index in [1.165, 1.54) is 6.07 Å². The monoisotopic (exact) mass is 498 g/mol. The van der Waals surface area contributed by atoms with Gasteiger partial charge in [-0.2, -0.15) is 15.5 Å².